The second kappa shape index (κ2) is 10.6. The fourth-order valence-electron chi connectivity index (χ4n) is 2.95. The molecule has 0 unspecified atom stereocenters. The minimum atomic E-state index is -4.74. The van der Waals surface area contributed by atoms with Crippen LogP contribution < -0.4 is 10.1 Å². The second-order valence-corrected chi connectivity index (χ2v) is 6.94. The lowest BCUT2D eigenvalue weighted by molar-refractivity contribution is -0.274. The highest BCUT2D eigenvalue weighted by Crippen LogP contribution is 2.22. The van der Waals surface area contributed by atoms with Crippen LogP contribution in [0.3, 0.4) is 0 Å². The van der Waals surface area contributed by atoms with Crippen molar-refractivity contribution in [1.29, 1.82) is 0 Å². The molecule has 3 rings (SSSR count). The number of rotatable bonds is 9. The third kappa shape index (κ3) is 8.14. The molecule has 0 saturated heterocycles. The summed E-state index contributed by atoms with van der Waals surface area (Å²) >= 11 is 0. The lowest BCUT2D eigenvalue weighted by Gasteiger charge is -2.10. The molecule has 3 aromatic carbocycles. The van der Waals surface area contributed by atoms with Crippen LogP contribution in [0.15, 0.2) is 78.9 Å². The summed E-state index contributed by atoms with van der Waals surface area (Å²) in [7, 11) is 0. The number of halogens is 3. The van der Waals surface area contributed by atoms with E-state index in [4.69, 9.17) is 4.74 Å². The van der Waals surface area contributed by atoms with Crippen molar-refractivity contribution in [2.75, 3.05) is 0 Å². The molecule has 0 heterocycles. The third-order valence-electron chi connectivity index (χ3n) is 4.38. The minimum absolute atomic E-state index is 0.0617. The Bertz CT molecular complexity index is 973. The summed E-state index contributed by atoms with van der Waals surface area (Å²) in [6, 6.07) is 22.9. The van der Waals surface area contributed by atoms with Gasteiger partial charge < -0.3 is 14.8 Å². The van der Waals surface area contributed by atoms with Crippen molar-refractivity contribution in [3.63, 3.8) is 0 Å². The van der Waals surface area contributed by atoms with Crippen molar-refractivity contribution in [3.8, 4) is 5.75 Å². The molecule has 0 aliphatic heterocycles. The highest BCUT2D eigenvalue weighted by molar-refractivity contribution is 5.78. The molecule has 1 amide bonds. The Morgan fingerprint density at radius 3 is 2.13 bits per heavy atom. The molecule has 0 fully saturated rings. The molecule has 162 valence electrons. The molecule has 0 aromatic heterocycles. The molecule has 0 bridgehead atoms. The van der Waals surface area contributed by atoms with Crippen molar-refractivity contribution in [2.45, 2.75) is 32.5 Å². The zero-order valence-corrected chi connectivity index (χ0v) is 16.7. The van der Waals surface area contributed by atoms with Gasteiger partial charge in [0.05, 0.1) is 19.6 Å². The predicted octanol–water partition coefficient (Wildman–Crippen LogP) is 5.16. The standard InChI is InChI=1S/C24H22F3NO3/c25-24(26,27)31-22-11-9-18(10-12-22)14-23(29)28-15-20-7-4-8-21(13-20)17-30-16-19-5-2-1-3-6-19/h1-13H,14-17H2,(H,28,29). The van der Waals surface area contributed by atoms with Gasteiger partial charge in [-0.3, -0.25) is 4.79 Å². The Labute approximate surface area is 178 Å². The van der Waals surface area contributed by atoms with Gasteiger partial charge in [0.2, 0.25) is 5.91 Å². The first-order valence-electron chi connectivity index (χ1n) is 9.68. The largest absolute Gasteiger partial charge is 0.573 e. The fourth-order valence-corrected chi connectivity index (χ4v) is 2.95. The summed E-state index contributed by atoms with van der Waals surface area (Å²) in [5.74, 6) is -0.543. The first-order valence-corrected chi connectivity index (χ1v) is 9.68. The van der Waals surface area contributed by atoms with Gasteiger partial charge in [-0.05, 0) is 34.4 Å². The maximum atomic E-state index is 12.2. The number of alkyl halides is 3. The van der Waals surface area contributed by atoms with E-state index in [1.54, 1.807) is 0 Å². The van der Waals surface area contributed by atoms with E-state index < -0.39 is 6.36 Å². The van der Waals surface area contributed by atoms with Crippen LogP contribution in [-0.2, 0) is 35.7 Å². The topological polar surface area (TPSA) is 47.6 Å². The maximum absolute atomic E-state index is 12.2. The van der Waals surface area contributed by atoms with Gasteiger partial charge in [0, 0.05) is 6.54 Å². The number of hydrogen-bond donors (Lipinski definition) is 1. The lowest BCUT2D eigenvalue weighted by atomic mass is 10.1. The van der Waals surface area contributed by atoms with Crippen LogP contribution in [0.25, 0.3) is 0 Å². The SMILES string of the molecule is O=C(Cc1ccc(OC(F)(F)F)cc1)NCc1cccc(COCc2ccccc2)c1. The van der Waals surface area contributed by atoms with Gasteiger partial charge in [0.25, 0.3) is 0 Å². The summed E-state index contributed by atoms with van der Waals surface area (Å²) in [6.07, 6.45) is -4.67. The van der Waals surface area contributed by atoms with Gasteiger partial charge >= 0.3 is 6.36 Å². The quantitative estimate of drug-likeness (QED) is 0.511. The Hall–Kier alpha value is -3.32. The van der Waals surface area contributed by atoms with E-state index in [9.17, 15) is 18.0 Å². The smallest absolute Gasteiger partial charge is 0.406 e. The molecule has 0 aliphatic carbocycles. The maximum Gasteiger partial charge on any atom is 0.573 e. The number of amides is 1. The zero-order valence-electron chi connectivity index (χ0n) is 16.7. The fraction of sp³-hybridized carbons (Fsp3) is 0.208. The van der Waals surface area contributed by atoms with Crippen LogP contribution in [-0.4, -0.2) is 12.3 Å². The number of nitrogens with one attached hydrogen (secondary N) is 1. The van der Waals surface area contributed by atoms with Crippen molar-refractivity contribution >= 4 is 5.91 Å². The molecule has 0 radical (unpaired) electrons. The monoisotopic (exact) mass is 429 g/mol. The summed E-state index contributed by atoms with van der Waals surface area (Å²) in [6.45, 7) is 1.33. The lowest BCUT2D eigenvalue weighted by Crippen LogP contribution is -2.24. The minimum Gasteiger partial charge on any atom is -0.406 e. The number of hydrogen-bond acceptors (Lipinski definition) is 3. The van der Waals surface area contributed by atoms with Crippen molar-refractivity contribution < 1.29 is 27.4 Å². The zero-order chi connectivity index (χ0) is 22.1. The van der Waals surface area contributed by atoms with Crippen LogP contribution in [0.4, 0.5) is 13.2 Å². The number of carbonyl (C=O) groups is 1. The van der Waals surface area contributed by atoms with E-state index in [1.165, 1.54) is 24.3 Å². The van der Waals surface area contributed by atoms with Crippen molar-refractivity contribution in [3.05, 3.63) is 101 Å². The van der Waals surface area contributed by atoms with E-state index in [2.05, 4.69) is 10.1 Å². The highest BCUT2D eigenvalue weighted by Gasteiger charge is 2.30. The molecule has 31 heavy (non-hydrogen) atoms. The Balaban J connectivity index is 1.44. The molecule has 0 saturated carbocycles. The van der Waals surface area contributed by atoms with Crippen LogP contribution >= 0.6 is 0 Å². The van der Waals surface area contributed by atoms with Crippen LogP contribution in [0.1, 0.15) is 22.3 Å². The van der Waals surface area contributed by atoms with E-state index >= 15 is 0 Å². The van der Waals surface area contributed by atoms with Gasteiger partial charge in [0.1, 0.15) is 5.75 Å². The Morgan fingerprint density at radius 2 is 1.42 bits per heavy atom. The second-order valence-electron chi connectivity index (χ2n) is 6.94. The molecule has 4 nitrogen and oxygen atoms in total. The normalized spacial score (nSPS) is 11.2. The molecule has 7 heteroatoms. The first-order chi connectivity index (χ1) is 14.9. The summed E-state index contributed by atoms with van der Waals surface area (Å²) in [5.41, 5.74) is 3.63. The molecule has 1 N–H and O–H groups in total. The number of carbonyl (C=O) groups excluding carboxylic acids is 1. The molecular weight excluding hydrogens is 407 g/mol. The summed E-state index contributed by atoms with van der Waals surface area (Å²) < 4.78 is 46.1. The van der Waals surface area contributed by atoms with Crippen molar-refractivity contribution in [2.24, 2.45) is 0 Å². The molecule has 0 aliphatic rings. The van der Waals surface area contributed by atoms with Crippen LogP contribution in [0.5, 0.6) is 5.75 Å². The van der Waals surface area contributed by atoms with Gasteiger partial charge in [0.15, 0.2) is 0 Å². The van der Waals surface area contributed by atoms with Crippen LogP contribution in [0.2, 0.25) is 0 Å². The average molecular weight is 429 g/mol. The van der Waals surface area contributed by atoms with E-state index in [0.717, 1.165) is 16.7 Å². The number of ether oxygens (including phenoxy) is 2. The highest BCUT2D eigenvalue weighted by atomic mass is 19.4. The summed E-state index contributed by atoms with van der Waals surface area (Å²) in [5, 5.41) is 2.82. The van der Waals surface area contributed by atoms with Crippen LogP contribution in [0, 0.1) is 0 Å². The van der Waals surface area contributed by atoms with Gasteiger partial charge in [-0.2, -0.15) is 0 Å². The molecule has 0 atom stereocenters. The van der Waals surface area contributed by atoms with Crippen molar-refractivity contribution in [1.82, 2.24) is 5.32 Å². The molecular formula is C24H22F3NO3. The molecule has 0 spiro atoms. The molecule has 3 aromatic rings. The third-order valence-corrected chi connectivity index (χ3v) is 4.38. The number of benzene rings is 3. The van der Waals surface area contributed by atoms with Gasteiger partial charge in [-0.1, -0.05) is 66.7 Å². The first kappa shape index (κ1) is 22.4. The van der Waals surface area contributed by atoms with E-state index in [1.807, 2.05) is 54.6 Å². The van der Waals surface area contributed by atoms with Gasteiger partial charge in [-0.25, -0.2) is 0 Å². The average Bonchev–Trinajstić information content (AvgIpc) is 2.74. The predicted molar refractivity (Wildman–Crippen MR) is 110 cm³/mol. The van der Waals surface area contributed by atoms with E-state index in [0.29, 0.717) is 25.3 Å². The Morgan fingerprint density at radius 1 is 0.774 bits per heavy atom. The summed E-state index contributed by atoms with van der Waals surface area (Å²) in [4.78, 5) is 12.2. The Kier molecular flexibility index (Phi) is 7.67. The van der Waals surface area contributed by atoms with Gasteiger partial charge in [-0.15, -0.1) is 13.2 Å². The van der Waals surface area contributed by atoms with E-state index in [-0.39, 0.29) is 18.1 Å².